The predicted molar refractivity (Wildman–Crippen MR) is 43.1 cm³/mol. The fourth-order valence-corrected chi connectivity index (χ4v) is 1.57. The van der Waals surface area contributed by atoms with Gasteiger partial charge in [0.2, 0.25) is 5.91 Å². The number of nitrogens with zero attached hydrogens (tertiary/aromatic N) is 1. The number of carbonyl (C=O) groups excluding carboxylic acids is 1. The average molecular weight is 153 g/mol. The first-order valence-corrected chi connectivity index (χ1v) is 4.55. The Morgan fingerprint density at radius 1 is 1.27 bits per heavy atom. The molecule has 2 aliphatic rings. The van der Waals surface area contributed by atoms with Gasteiger partial charge >= 0.3 is 0 Å². The van der Waals surface area contributed by atoms with Crippen LogP contribution in [0, 0.1) is 5.92 Å². The lowest BCUT2D eigenvalue weighted by Gasteiger charge is -2.34. The van der Waals surface area contributed by atoms with Crippen molar-refractivity contribution in [3.8, 4) is 0 Å². The molecule has 0 aromatic heterocycles. The summed E-state index contributed by atoms with van der Waals surface area (Å²) in [6.45, 7) is 0. The van der Waals surface area contributed by atoms with Crippen molar-refractivity contribution in [1.29, 1.82) is 0 Å². The maximum absolute atomic E-state index is 11.5. The highest BCUT2D eigenvalue weighted by molar-refractivity contribution is 5.81. The summed E-state index contributed by atoms with van der Waals surface area (Å²) in [6, 6.07) is 0.586. The third-order valence-electron chi connectivity index (χ3n) is 2.90. The molecule has 0 N–H and O–H groups in total. The molecule has 0 aromatic rings. The summed E-state index contributed by atoms with van der Waals surface area (Å²) in [4.78, 5) is 13.4. The lowest BCUT2D eigenvalue weighted by atomic mass is 9.91. The highest BCUT2D eigenvalue weighted by Gasteiger charge is 2.35. The highest BCUT2D eigenvalue weighted by atomic mass is 16.2. The van der Waals surface area contributed by atoms with E-state index in [1.165, 1.54) is 19.3 Å². The van der Waals surface area contributed by atoms with Gasteiger partial charge in [0.15, 0.2) is 0 Å². The van der Waals surface area contributed by atoms with Gasteiger partial charge in [-0.05, 0) is 32.1 Å². The topological polar surface area (TPSA) is 20.3 Å². The lowest BCUT2D eigenvalue weighted by Crippen LogP contribution is -2.41. The second kappa shape index (κ2) is 2.50. The van der Waals surface area contributed by atoms with Crippen molar-refractivity contribution in [2.75, 3.05) is 7.05 Å². The summed E-state index contributed by atoms with van der Waals surface area (Å²) in [7, 11) is 1.96. The van der Waals surface area contributed by atoms with Gasteiger partial charge in [0, 0.05) is 19.0 Å². The molecule has 0 unspecified atom stereocenters. The highest BCUT2D eigenvalue weighted by Crippen LogP contribution is 2.33. The number of rotatable bonds is 2. The number of carbonyl (C=O) groups is 1. The SMILES string of the molecule is CN(C(=O)C1CC1)C1CCC1. The molecular formula is C9H15NO. The Morgan fingerprint density at radius 2 is 1.91 bits per heavy atom. The van der Waals surface area contributed by atoms with Crippen LogP contribution in [0.3, 0.4) is 0 Å². The molecule has 0 spiro atoms. The molecule has 2 nitrogen and oxygen atoms in total. The van der Waals surface area contributed by atoms with Crippen molar-refractivity contribution in [2.24, 2.45) is 5.92 Å². The zero-order valence-electron chi connectivity index (χ0n) is 7.05. The molecule has 0 radical (unpaired) electrons. The Hall–Kier alpha value is -0.530. The molecular weight excluding hydrogens is 138 g/mol. The summed E-state index contributed by atoms with van der Waals surface area (Å²) in [5.41, 5.74) is 0. The van der Waals surface area contributed by atoms with E-state index in [1.54, 1.807) is 0 Å². The third kappa shape index (κ3) is 1.26. The van der Waals surface area contributed by atoms with E-state index in [1.807, 2.05) is 11.9 Å². The maximum atomic E-state index is 11.5. The Morgan fingerprint density at radius 3 is 2.27 bits per heavy atom. The van der Waals surface area contributed by atoms with Crippen LogP contribution in [-0.2, 0) is 4.79 Å². The van der Waals surface area contributed by atoms with Gasteiger partial charge in [0.25, 0.3) is 0 Å². The molecule has 62 valence electrons. The molecule has 0 saturated heterocycles. The molecule has 2 fully saturated rings. The molecule has 0 atom stereocenters. The number of hydrogen-bond donors (Lipinski definition) is 0. The van der Waals surface area contributed by atoms with E-state index in [2.05, 4.69) is 0 Å². The molecule has 2 heteroatoms. The number of amides is 1. The first-order valence-electron chi connectivity index (χ1n) is 4.55. The van der Waals surface area contributed by atoms with Gasteiger partial charge in [-0.25, -0.2) is 0 Å². The van der Waals surface area contributed by atoms with E-state index in [9.17, 15) is 4.79 Å². The van der Waals surface area contributed by atoms with Crippen LogP contribution in [0.1, 0.15) is 32.1 Å². The van der Waals surface area contributed by atoms with Gasteiger partial charge in [-0.3, -0.25) is 4.79 Å². The summed E-state index contributed by atoms with van der Waals surface area (Å²) in [5.74, 6) is 0.801. The van der Waals surface area contributed by atoms with Crippen LogP contribution in [-0.4, -0.2) is 23.9 Å². The Labute approximate surface area is 67.6 Å². The van der Waals surface area contributed by atoms with E-state index in [0.29, 0.717) is 17.9 Å². The van der Waals surface area contributed by atoms with E-state index < -0.39 is 0 Å². The van der Waals surface area contributed by atoms with Crippen LogP contribution in [0.25, 0.3) is 0 Å². The second-order valence-electron chi connectivity index (χ2n) is 3.81. The van der Waals surface area contributed by atoms with Gasteiger partial charge < -0.3 is 4.90 Å². The molecule has 2 saturated carbocycles. The molecule has 0 heterocycles. The standard InChI is InChI=1S/C9H15NO/c1-10(8-3-2-4-8)9(11)7-5-6-7/h7-8H,2-6H2,1H3. The predicted octanol–water partition coefficient (Wildman–Crippen LogP) is 1.41. The fourth-order valence-electron chi connectivity index (χ4n) is 1.57. The smallest absolute Gasteiger partial charge is 0.225 e. The van der Waals surface area contributed by atoms with Crippen LogP contribution >= 0.6 is 0 Å². The minimum absolute atomic E-state index is 0.398. The quantitative estimate of drug-likeness (QED) is 0.587. The van der Waals surface area contributed by atoms with E-state index in [-0.39, 0.29) is 0 Å². The van der Waals surface area contributed by atoms with Gasteiger partial charge in [-0.1, -0.05) is 0 Å². The summed E-state index contributed by atoms with van der Waals surface area (Å²) < 4.78 is 0. The third-order valence-corrected chi connectivity index (χ3v) is 2.90. The van der Waals surface area contributed by atoms with Crippen molar-refractivity contribution in [3.63, 3.8) is 0 Å². The molecule has 1 amide bonds. The lowest BCUT2D eigenvalue weighted by molar-refractivity contribution is -0.134. The van der Waals surface area contributed by atoms with E-state index >= 15 is 0 Å². The Bertz CT molecular complexity index is 170. The molecule has 2 rings (SSSR count). The average Bonchev–Trinajstić information content (AvgIpc) is 2.62. The van der Waals surface area contributed by atoms with Crippen LogP contribution in [0.5, 0.6) is 0 Å². The molecule has 0 aliphatic heterocycles. The molecule has 0 bridgehead atoms. The van der Waals surface area contributed by atoms with Crippen molar-refractivity contribution in [2.45, 2.75) is 38.1 Å². The first kappa shape index (κ1) is 7.14. The summed E-state index contributed by atoms with van der Waals surface area (Å²) >= 11 is 0. The Balaban J connectivity index is 1.86. The molecule has 11 heavy (non-hydrogen) atoms. The van der Waals surface area contributed by atoms with Crippen LogP contribution in [0.2, 0.25) is 0 Å². The van der Waals surface area contributed by atoms with Crippen molar-refractivity contribution in [3.05, 3.63) is 0 Å². The van der Waals surface area contributed by atoms with Crippen LogP contribution in [0.4, 0.5) is 0 Å². The zero-order chi connectivity index (χ0) is 7.84. The normalized spacial score (nSPS) is 24.5. The molecule has 0 aromatic carbocycles. The van der Waals surface area contributed by atoms with Crippen LogP contribution < -0.4 is 0 Å². The zero-order valence-corrected chi connectivity index (χ0v) is 7.05. The van der Waals surface area contributed by atoms with Gasteiger partial charge in [-0.15, -0.1) is 0 Å². The fraction of sp³-hybridized carbons (Fsp3) is 0.889. The minimum Gasteiger partial charge on any atom is -0.343 e. The Kier molecular flexibility index (Phi) is 1.63. The summed E-state index contributed by atoms with van der Waals surface area (Å²) in [6.07, 6.45) is 6.04. The van der Waals surface area contributed by atoms with E-state index in [4.69, 9.17) is 0 Å². The molecule has 2 aliphatic carbocycles. The monoisotopic (exact) mass is 153 g/mol. The minimum atomic E-state index is 0.398. The van der Waals surface area contributed by atoms with Crippen LogP contribution in [0.15, 0.2) is 0 Å². The van der Waals surface area contributed by atoms with Gasteiger partial charge in [0.05, 0.1) is 0 Å². The maximum Gasteiger partial charge on any atom is 0.225 e. The summed E-state index contributed by atoms with van der Waals surface area (Å²) in [5, 5.41) is 0. The van der Waals surface area contributed by atoms with Crippen molar-refractivity contribution >= 4 is 5.91 Å². The van der Waals surface area contributed by atoms with Crippen molar-refractivity contribution < 1.29 is 4.79 Å². The van der Waals surface area contributed by atoms with Crippen molar-refractivity contribution in [1.82, 2.24) is 4.90 Å². The first-order chi connectivity index (χ1) is 5.29. The second-order valence-corrected chi connectivity index (χ2v) is 3.81. The van der Waals surface area contributed by atoms with Gasteiger partial charge in [0.1, 0.15) is 0 Å². The van der Waals surface area contributed by atoms with Gasteiger partial charge in [-0.2, -0.15) is 0 Å². The van der Waals surface area contributed by atoms with E-state index in [0.717, 1.165) is 12.8 Å². The number of hydrogen-bond acceptors (Lipinski definition) is 1. The largest absolute Gasteiger partial charge is 0.343 e.